The normalized spacial score (nSPS) is 13.0. The number of para-hydroxylation sites is 2. The Morgan fingerprint density at radius 1 is 0.822 bits per heavy atom. The molecule has 5 rings (SSSR count). The summed E-state index contributed by atoms with van der Waals surface area (Å²) in [5.74, 6) is -1.08. The van der Waals surface area contributed by atoms with E-state index < -0.39 is 23.8 Å². The number of imide groups is 2. The van der Waals surface area contributed by atoms with E-state index >= 15 is 0 Å². The van der Waals surface area contributed by atoms with E-state index in [9.17, 15) is 19.2 Å². The molecule has 0 aliphatic carbocycles. The molecule has 5 amide bonds. The lowest BCUT2D eigenvalue weighted by Crippen LogP contribution is -2.57. The van der Waals surface area contributed by atoms with Gasteiger partial charge in [0.25, 0.3) is 17.7 Å². The average molecular weight is 626 g/mol. The molecule has 4 aromatic carbocycles. The summed E-state index contributed by atoms with van der Waals surface area (Å²) in [6.07, 6.45) is 1.34. The Bertz CT molecular complexity index is 1700. The number of methoxy groups -OCH3 is 1. The molecule has 1 aliphatic heterocycles. The molecule has 1 aliphatic rings. The maximum Gasteiger partial charge on any atom is 0.343 e. The highest BCUT2D eigenvalue weighted by molar-refractivity contribution is 6.46. The number of halogens is 1. The topological polar surface area (TPSA) is 114 Å². The highest BCUT2D eigenvalue weighted by Crippen LogP contribution is 2.38. The monoisotopic (exact) mass is 625 g/mol. The van der Waals surface area contributed by atoms with Gasteiger partial charge < -0.3 is 19.5 Å². The van der Waals surface area contributed by atoms with Crippen molar-refractivity contribution in [3.63, 3.8) is 0 Å². The van der Waals surface area contributed by atoms with E-state index in [-0.39, 0.29) is 35.3 Å². The van der Waals surface area contributed by atoms with Crippen molar-refractivity contribution >= 4 is 58.5 Å². The van der Waals surface area contributed by atoms with E-state index in [0.29, 0.717) is 28.4 Å². The van der Waals surface area contributed by atoms with E-state index in [1.165, 1.54) is 18.2 Å². The summed E-state index contributed by atoms with van der Waals surface area (Å²) in [6, 6.07) is 25.7. The predicted octanol–water partition coefficient (Wildman–Crippen LogP) is 6.35. The van der Waals surface area contributed by atoms with Gasteiger partial charge in [0.2, 0.25) is 0 Å². The largest absolute Gasteiger partial charge is 0.497 e. The zero-order chi connectivity index (χ0) is 31.9. The number of urea groups is 1. The van der Waals surface area contributed by atoms with Crippen molar-refractivity contribution in [1.82, 2.24) is 0 Å². The highest BCUT2D eigenvalue weighted by atomic mass is 35.5. The maximum absolute atomic E-state index is 13.7. The third-order valence-corrected chi connectivity index (χ3v) is 6.92. The number of hydrogen-bond acceptors (Lipinski definition) is 7. The molecule has 0 saturated carbocycles. The third kappa shape index (κ3) is 6.81. The van der Waals surface area contributed by atoms with Gasteiger partial charge >= 0.3 is 6.03 Å². The average Bonchev–Trinajstić information content (AvgIpc) is 3.04. The molecule has 0 atom stereocenters. The van der Waals surface area contributed by atoms with E-state index in [1.807, 2.05) is 0 Å². The summed E-state index contributed by atoms with van der Waals surface area (Å²) in [5, 5.41) is 2.80. The number of carbonyl (C=O) groups excluding carboxylic acids is 4. The van der Waals surface area contributed by atoms with E-state index in [4.69, 9.17) is 25.8 Å². The number of amides is 5. The number of nitrogens with zero attached hydrogens (tertiary/aromatic N) is 2. The molecule has 0 spiro atoms. The Labute approximate surface area is 264 Å². The summed E-state index contributed by atoms with van der Waals surface area (Å²) in [7, 11) is 1.55. The molecule has 11 heteroatoms. The molecule has 1 fully saturated rings. The molecule has 1 saturated heterocycles. The number of anilines is 3. The molecule has 0 bridgehead atoms. The van der Waals surface area contributed by atoms with Crippen molar-refractivity contribution < 1.29 is 33.4 Å². The van der Waals surface area contributed by atoms with Crippen LogP contribution >= 0.6 is 11.6 Å². The fraction of sp³-hybridized carbons (Fsp3) is 0.118. The second-order valence-electron chi connectivity index (χ2n) is 9.62. The van der Waals surface area contributed by atoms with Crippen LogP contribution in [-0.4, -0.2) is 44.1 Å². The van der Waals surface area contributed by atoms with Crippen molar-refractivity contribution in [2.24, 2.45) is 0 Å². The number of carbonyl (C=O) groups is 4. The first-order valence-corrected chi connectivity index (χ1v) is 14.3. The zero-order valence-electron chi connectivity index (χ0n) is 24.4. The van der Waals surface area contributed by atoms with Gasteiger partial charge in [0, 0.05) is 5.69 Å². The van der Waals surface area contributed by atoms with E-state index in [0.717, 1.165) is 9.80 Å². The van der Waals surface area contributed by atoms with Crippen LogP contribution in [0.5, 0.6) is 17.2 Å². The molecule has 10 nitrogen and oxygen atoms in total. The lowest BCUT2D eigenvalue weighted by atomic mass is 10.0. The predicted molar refractivity (Wildman–Crippen MR) is 171 cm³/mol. The van der Waals surface area contributed by atoms with Gasteiger partial charge in [0.1, 0.15) is 11.3 Å². The number of nitrogens with one attached hydrogen (secondary N) is 1. The molecule has 45 heavy (non-hydrogen) atoms. The minimum atomic E-state index is -0.802. The molecule has 228 valence electrons. The van der Waals surface area contributed by atoms with Gasteiger partial charge in [0.15, 0.2) is 18.1 Å². The fourth-order valence-corrected chi connectivity index (χ4v) is 4.86. The van der Waals surface area contributed by atoms with Crippen LogP contribution in [-0.2, 0) is 14.4 Å². The van der Waals surface area contributed by atoms with Crippen molar-refractivity contribution in [3.05, 3.63) is 113 Å². The first-order valence-electron chi connectivity index (χ1n) is 13.9. The van der Waals surface area contributed by atoms with Crippen LogP contribution in [0.15, 0.2) is 103 Å². The first-order chi connectivity index (χ1) is 21.8. The number of hydrogen-bond donors (Lipinski definition) is 1. The molecular weight excluding hydrogens is 598 g/mol. The van der Waals surface area contributed by atoms with Crippen LogP contribution in [0.3, 0.4) is 0 Å². The molecule has 0 aromatic heterocycles. The number of rotatable bonds is 10. The van der Waals surface area contributed by atoms with Crippen LogP contribution in [0, 0.1) is 0 Å². The Morgan fingerprint density at radius 2 is 1.40 bits per heavy atom. The molecule has 4 aromatic rings. The Morgan fingerprint density at radius 3 is 1.93 bits per heavy atom. The van der Waals surface area contributed by atoms with Gasteiger partial charge in [-0.15, -0.1) is 0 Å². The minimum Gasteiger partial charge on any atom is -0.497 e. The van der Waals surface area contributed by atoms with Crippen LogP contribution < -0.4 is 29.3 Å². The van der Waals surface area contributed by atoms with Gasteiger partial charge in [0.05, 0.1) is 30.1 Å². The molecule has 0 radical (unpaired) electrons. The van der Waals surface area contributed by atoms with Crippen molar-refractivity contribution in [3.8, 4) is 17.2 Å². The van der Waals surface area contributed by atoms with Gasteiger partial charge in [-0.3, -0.25) is 14.4 Å². The number of benzene rings is 4. The number of ether oxygens (including phenoxy) is 3. The second-order valence-corrected chi connectivity index (χ2v) is 10.0. The lowest BCUT2D eigenvalue weighted by molar-refractivity contribution is -0.121. The molecule has 1 heterocycles. The Kier molecular flexibility index (Phi) is 9.45. The summed E-state index contributed by atoms with van der Waals surface area (Å²) in [5.41, 5.74) is 1.23. The van der Waals surface area contributed by atoms with E-state index in [1.54, 1.807) is 99.0 Å². The minimum absolute atomic E-state index is 0.0802. The highest BCUT2D eigenvalue weighted by Gasteiger charge is 2.43. The summed E-state index contributed by atoms with van der Waals surface area (Å²) < 4.78 is 16.6. The maximum atomic E-state index is 13.7. The fourth-order valence-electron chi connectivity index (χ4n) is 4.59. The van der Waals surface area contributed by atoms with E-state index in [2.05, 4.69) is 5.32 Å². The van der Waals surface area contributed by atoms with Gasteiger partial charge in [-0.2, -0.15) is 0 Å². The SMILES string of the molecule is CCOc1cc(C=C2C(=O)N(c3ccccc3)C(=O)N(c3ccccc3)C2=O)cc(Cl)c1OCC(=O)Nc1ccc(OC)cc1. The zero-order valence-corrected chi connectivity index (χ0v) is 25.1. The smallest absolute Gasteiger partial charge is 0.343 e. The summed E-state index contributed by atoms with van der Waals surface area (Å²) in [4.78, 5) is 55.4. The summed E-state index contributed by atoms with van der Waals surface area (Å²) >= 11 is 6.59. The van der Waals surface area contributed by atoms with Crippen LogP contribution in [0.4, 0.5) is 21.9 Å². The molecule has 0 unspecified atom stereocenters. The quantitative estimate of drug-likeness (QED) is 0.161. The Hall–Kier alpha value is -5.61. The van der Waals surface area contributed by atoms with Gasteiger partial charge in [-0.05, 0) is 79.2 Å². The molecular formula is C34H28ClN3O7. The van der Waals surface area contributed by atoms with Crippen LogP contribution in [0.1, 0.15) is 12.5 Å². The summed E-state index contributed by atoms with van der Waals surface area (Å²) in [6.45, 7) is 1.62. The van der Waals surface area contributed by atoms with Crippen molar-refractivity contribution in [2.75, 3.05) is 35.4 Å². The number of barbiturate groups is 1. The van der Waals surface area contributed by atoms with Crippen molar-refractivity contribution in [1.29, 1.82) is 0 Å². The standard InChI is InChI=1S/C34H28ClN3O7/c1-3-44-29-20-22(19-28(35)31(29)45-21-30(39)36-23-14-16-26(43-2)17-15-23)18-27-32(40)37(24-10-6-4-7-11-24)34(42)38(33(27)41)25-12-8-5-9-13-25/h4-20H,3,21H2,1-2H3,(H,36,39). The second kappa shape index (κ2) is 13.8. The molecule has 1 N–H and O–H groups in total. The lowest BCUT2D eigenvalue weighted by Gasteiger charge is -2.34. The van der Waals surface area contributed by atoms with Gasteiger partial charge in [-0.1, -0.05) is 48.0 Å². The van der Waals surface area contributed by atoms with Crippen LogP contribution in [0.2, 0.25) is 5.02 Å². The third-order valence-electron chi connectivity index (χ3n) is 6.64. The van der Waals surface area contributed by atoms with Gasteiger partial charge in [-0.25, -0.2) is 14.6 Å². The van der Waals surface area contributed by atoms with Crippen molar-refractivity contribution in [2.45, 2.75) is 6.92 Å². The Balaban J connectivity index is 1.45. The van der Waals surface area contributed by atoms with Crippen LogP contribution in [0.25, 0.3) is 6.08 Å². The first kappa shape index (κ1) is 30.8.